The van der Waals surface area contributed by atoms with Crippen molar-refractivity contribution < 1.29 is 13.2 Å². The van der Waals surface area contributed by atoms with Crippen LogP contribution in [-0.2, 0) is 16.4 Å². The molecule has 2 aromatic rings. The first kappa shape index (κ1) is 18.7. The Morgan fingerprint density at radius 1 is 1.07 bits per heavy atom. The van der Waals surface area contributed by atoms with Gasteiger partial charge in [-0.1, -0.05) is 49.1 Å². The average molecular weight is 397 g/mol. The molecule has 2 heterocycles. The molecule has 2 atom stereocenters. The summed E-state index contributed by atoms with van der Waals surface area (Å²) in [4.78, 5) is 16.8. The first-order valence-corrected chi connectivity index (χ1v) is 11.2. The van der Waals surface area contributed by atoms with E-state index in [0.717, 1.165) is 27.9 Å². The number of hydrogen-bond acceptors (Lipinski definition) is 3. The molecular formula is C22H24N2O3S. The highest BCUT2D eigenvalue weighted by atomic mass is 32.2. The summed E-state index contributed by atoms with van der Waals surface area (Å²) in [6.07, 6.45) is 1.77. The lowest BCUT2D eigenvalue weighted by Crippen LogP contribution is -2.38. The van der Waals surface area contributed by atoms with Crippen LogP contribution >= 0.6 is 0 Å². The standard InChI is InChI=1S/C22H24N2O3S/c1-4-17-7-9-18(10-8-17)12-23-20-13-28(26,27)14-21(20)24(22(23)25)19-11-15(2)5-6-16(19)3/h4-11,20-21H,1,12-14H2,2-3H3/t20-,21-/m1/s1. The van der Waals surface area contributed by atoms with Crippen molar-refractivity contribution in [3.63, 3.8) is 0 Å². The molecule has 4 rings (SSSR count). The Bertz CT molecular complexity index is 1040. The van der Waals surface area contributed by atoms with Crippen molar-refractivity contribution in [2.24, 2.45) is 0 Å². The van der Waals surface area contributed by atoms with Gasteiger partial charge in [0.15, 0.2) is 9.84 Å². The first-order chi connectivity index (χ1) is 13.3. The van der Waals surface area contributed by atoms with Crippen molar-refractivity contribution in [3.05, 3.63) is 71.3 Å². The fourth-order valence-corrected chi connectivity index (χ4v) is 6.13. The number of sulfone groups is 1. The maximum absolute atomic E-state index is 13.4. The van der Waals surface area contributed by atoms with Gasteiger partial charge in [0.2, 0.25) is 0 Å². The quantitative estimate of drug-likeness (QED) is 0.743. The normalized spacial score (nSPS) is 23.1. The smallest absolute Gasteiger partial charge is 0.314 e. The first-order valence-electron chi connectivity index (χ1n) is 9.38. The average Bonchev–Trinajstić information content (AvgIpc) is 3.09. The fraction of sp³-hybridized carbons (Fsp3) is 0.318. The van der Waals surface area contributed by atoms with Crippen LogP contribution in [0.15, 0.2) is 49.0 Å². The Balaban J connectivity index is 1.72. The van der Waals surface area contributed by atoms with Gasteiger partial charge in [0.25, 0.3) is 0 Å². The second-order valence-corrected chi connectivity index (χ2v) is 9.88. The van der Waals surface area contributed by atoms with Crippen LogP contribution in [-0.4, -0.2) is 42.9 Å². The second kappa shape index (κ2) is 6.78. The third kappa shape index (κ3) is 3.22. The Hall–Kier alpha value is -2.60. The third-order valence-electron chi connectivity index (χ3n) is 5.67. The van der Waals surface area contributed by atoms with Gasteiger partial charge in [0, 0.05) is 12.2 Å². The molecule has 2 aliphatic rings. The highest BCUT2D eigenvalue weighted by molar-refractivity contribution is 7.91. The molecule has 0 bridgehead atoms. The molecule has 28 heavy (non-hydrogen) atoms. The van der Waals surface area contributed by atoms with Gasteiger partial charge < -0.3 is 4.90 Å². The van der Waals surface area contributed by atoms with Gasteiger partial charge in [-0.2, -0.15) is 0 Å². The van der Waals surface area contributed by atoms with E-state index in [2.05, 4.69) is 6.58 Å². The van der Waals surface area contributed by atoms with Crippen LogP contribution in [0.2, 0.25) is 0 Å². The number of carbonyl (C=O) groups excluding carboxylic acids is 1. The van der Waals surface area contributed by atoms with Crippen LogP contribution in [0.3, 0.4) is 0 Å². The summed E-state index contributed by atoms with van der Waals surface area (Å²) in [5.41, 5.74) is 4.81. The molecular weight excluding hydrogens is 372 g/mol. The van der Waals surface area contributed by atoms with Crippen molar-refractivity contribution in [1.82, 2.24) is 4.90 Å². The third-order valence-corrected chi connectivity index (χ3v) is 7.37. The molecule has 0 N–H and O–H groups in total. The zero-order chi connectivity index (χ0) is 20.1. The summed E-state index contributed by atoms with van der Waals surface area (Å²) in [7, 11) is -3.18. The topological polar surface area (TPSA) is 57.7 Å². The lowest BCUT2D eigenvalue weighted by molar-refractivity contribution is 0.206. The van der Waals surface area contributed by atoms with Crippen LogP contribution in [0.25, 0.3) is 6.08 Å². The minimum atomic E-state index is -3.18. The molecule has 2 fully saturated rings. The molecule has 0 unspecified atom stereocenters. The Morgan fingerprint density at radius 2 is 1.75 bits per heavy atom. The molecule has 0 aliphatic carbocycles. The van der Waals surface area contributed by atoms with E-state index in [-0.39, 0.29) is 29.6 Å². The molecule has 146 valence electrons. The molecule has 2 aliphatic heterocycles. The largest absolute Gasteiger partial charge is 0.325 e. The number of hydrogen-bond donors (Lipinski definition) is 0. The van der Waals surface area contributed by atoms with Gasteiger partial charge in [-0.3, -0.25) is 4.90 Å². The van der Waals surface area contributed by atoms with Crippen molar-refractivity contribution >= 4 is 27.6 Å². The van der Waals surface area contributed by atoms with Crippen molar-refractivity contribution in [2.75, 3.05) is 16.4 Å². The SMILES string of the molecule is C=Cc1ccc(CN2C(=O)N(c3cc(C)ccc3C)[C@@H]3CS(=O)(=O)C[C@H]32)cc1. The van der Waals surface area contributed by atoms with Crippen LogP contribution < -0.4 is 4.90 Å². The summed E-state index contributed by atoms with van der Waals surface area (Å²) in [5.74, 6) is 0.0399. The van der Waals surface area contributed by atoms with E-state index < -0.39 is 9.84 Å². The van der Waals surface area contributed by atoms with E-state index in [4.69, 9.17) is 0 Å². The summed E-state index contributed by atoms with van der Waals surface area (Å²) >= 11 is 0. The van der Waals surface area contributed by atoms with E-state index in [0.29, 0.717) is 6.54 Å². The molecule has 0 saturated carbocycles. The number of urea groups is 1. The molecule has 2 saturated heterocycles. The van der Waals surface area contributed by atoms with E-state index >= 15 is 0 Å². The van der Waals surface area contributed by atoms with Gasteiger partial charge in [-0.05, 0) is 42.2 Å². The summed E-state index contributed by atoms with van der Waals surface area (Å²) < 4.78 is 24.8. The van der Waals surface area contributed by atoms with Crippen LogP contribution in [0.5, 0.6) is 0 Å². The highest BCUT2D eigenvalue weighted by Gasteiger charge is 2.54. The van der Waals surface area contributed by atoms with Gasteiger partial charge in [-0.25, -0.2) is 13.2 Å². The number of carbonyl (C=O) groups is 1. The van der Waals surface area contributed by atoms with Gasteiger partial charge in [0.05, 0.1) is 23.6 Å². The predicted molar refractivity (Wildman–Crippen MR) is 112 cm³/mol. The summed E-state index contributed by atoms with van der Waals surface area (Å²) in [6, 6.07) is 13.0. The maximum atomic E-state index is 13.4. The summed E-state index contributed by atoms with van der Waals surface area (Å²) in [6.45, 7) is 8.09. The number of amides is 2. The van der Waals surface area contributed by atoms with Gasteiger partial charge in [-0.15, -0.1) is 0 Å². The number of benzene rings is 2. The van der Waals surface area contributed by atoms with E-state index in [1.54, 1.807) is 15.9 Å². The van der Waals surface area contributed by atoms with Crippen LogP contribution in [0.4, 0.5) is 10.5 Å². The van der Waals surface area contributed by atoms with Crippen molar-refractivity contribution in [1.29, 1.82) is 0 Å². The zero-order valence-corrected chi connectivity index (χ0v) is 16.9. The number of rotatable bonds is 4. The minimum Gasteiger partial charge on any atom is -0.314 e. The summed E-state index contributed by atoms with van der Waals surface area (Å²) in [5, 5.41) is 0. The molecule has 2 amide bonds. The second-order valence-electron chi connectivity index (χ2n) is 7.73. The van der Waals surface area contributed by atoms with E-state index in [1.807, 2.05) is 56.3 Å². The number of aryl methyl sites for hydroxylation is 2. The van der Waals surface area contributed by atoms with Crippen molar-refractivity contribution in [3.8, 4) is 0 Å². The predicted octanol–water partition coefficient (Wildman–Crippen LogP) is 3.55. The minimum absolute atomic E-state index is 0.0166. The molecule has 2 aromatic carbocycles. The lowest BCUT2D eigenvalue weighted by Gasteiger charge is -2.24. The molecule has 0 spiro atoms. The Morgan fingerprint density at radius 3 is 2.43 bits per heavy atom. The lowest BCUT2D eigenvalue weighted by atomic mass is 10.1. The van der Waals surface area contributed by atoms with Crippen molar-refractivity contribution in [2.45, 2.75) is 32.5 Å². The van der Waals surface area contributed by atoms with Gasteiger partial charge in [0.1, 0.15) is 0 Å². The fourth-order valence-electron chi connectivity index (χ4n) is 4.18. The maximum Gasteiger partial charge on any atom is 0.325 e. The van der Waals surface area contributed by atoms with E-state index in [1.165, 1.54) is 0 Å². The number of anilines is 1. The number of nitrogens with zero attached hydrogens (tertiary/aromatic N) is 2. The van der Waals surface area contributed by atoms with Crippen LogP contribution in [0, 0.1) is 13.8 Å². The Kier molecular flexibility index (Phi) is 4.54. The van der Waals surface area contributed by atoms with Gasteiger partial charge >= 0.3 is 6.03 Å². The molecule has 0 radical (unpaired) electrons. The van der Waals surface area contributed by atoms with E-state index in [9.17, 15) is 13.2 Å². The molecule has 5 nitrogen and oxygen atoms in total. The highest BCUT2D eigenvalue weighted by Crippen LogP contribution is 2.37. The zero-order valence-electron chi connectivity index (χ0n) is 16.1. The number of fused-ring (bicyclic) bond motifs is 1. The molecule has 0 aromatic heterocycles. The molecule has 6 heteroatoms. The monoisotopic (exact) mass is 396 g/mol. The van der Waals surface area contributed by atoms with Crippen LogP contribution in [0.1, 0.15) is 22.3 Å². The Labute approximate surface area is 166 Å².